The number of nitrogens with one attached hydrogen (secondary N) is 1. The molecule has 25 heavy (non-hydrogen) atoms. The molecule has 1 atom stereocenters. The van der Waals surface area contributed by atoms with Crippen molar-refractivity contribution in [3.63, 3.8) is 0 Å². The zero-order valence-electron chi connectivity index (χ0n) is 14.9. The molecule has 0 saturated carbocycles. The highest BCUT2D eigenvalue weighted by Crippen LogP contribution is 2.25. The molecule has 1 aromatic heterocycles. The Bertz CT molecular complexity index is 589. The van der Waals surface area contributed by atoms with E-state index in [-0.39, 0.29) is 37.6 Å². The van der Waals surface area contributed by atoms with Gasteiger partial charge in [0.2, 0.25) is 0 Å². The number of hydrogen-bond donors (Lipinski definition) is 1. The number of alkyl halides is 3. The first-order valence-corrected chi connectivity index (χ1v) is 8.17. The molecule has 0 spiro atoms. The average Bonchev–Trinajstić information content (AvgIpc) is 2.53. The van der Waals surface area contributed by atoms with E-state index in [0.29, 0.717) is 11.5 Å². The monoisotopic (exact) mass is 359 g/mol. The number of hydrogen-bond acceptors (Lipinski definition) is 4. The number of carbonyl (C=O) groups is 1. The molecule has 6 nitrogen and oxygen atoms in total. The summed E-state index contributed by atoms with van der Waals surface area (Å²) in [5.74, 6) is 0.667. The molecular formula is C16H24F3N5O. The molecule has 2 heterocycles. The van der Waals surface area contributed by atoms with Crippen molar-refractivity contribution in [3.05, 3.63) is 18.2 Å². The van der Waals surface area contributed by atoms with E-state index >= 15 is 0 Å². The van der Waals surface area contributed by atoms with Gasteiger partial charge in [-0.2, -0.15) is 13.2 Å². The van der Waals surface area contributed by atoms with E-state index in [4.69, 9.17) is 0 Å². The molecule has 1 aromatic rings. The Balaban J connectivity index is 1.89. The fraction of sp³-hybridized carbons (Fsp3) is 0.688. The summed E-state index contributed by atoms with van der Waals surface area (Å²) in [4.78, 5) is 23.5. The van der Waals surface area contributed by atoms with Crippen molar-refractivity contribution in [2.24, 2.45) is 0 Å². The predicted octanol–water partition coefficient (Wildman–Crippen LogP) is 2.87. The lowest BCUT2D eigenvalue weighted by Gasteiger charge is -2.38. The van der Waals surface area contributed by atoms with E-state index in [2.05, 4.69) is 15.3 Å². The number of amides is 2. The number of carbonyl (C=O) groups excluding carboxylic acids is 1. The molecule has 0 aliphatic carbocycles. The fourth-order valence-electron chi connectivity index (χ4n) is 2.50. The minimum atomic E-state index is -4.25. The van der Waals surface area contributed by atoms with Crippen LogP contribution in [0.1, 0.15) is 33.5 Å². The van der Waals surface area contributed by atoms with Gasteiger partial charge in [-0.05, 0) is 6.92 Å². The van der Waals surface area contributed by atoms with Crippen LogP contribution < -0.4 is 5.32 Å². The second kappa shape index (κ2) is 7.15. The Morgan fingerprint density at radius 2 is 1.64 bits per heavy atom. The van der Waals surface area contributed by atoms with Crippen molar-refractivity contribution < 1.29 is 18.0 Å². The third kappa shape index (κ3) is 5.04. The second-order valence-electron chi connectivity index (χ2n) is 7.22. The molecule has 1 fully saturated rings. The Kier molecular flexibility index (Phi) is 5.55. The Morgan fingerprint density at radius 3 is 2.08 bits per heavy atom. The number of anilines is 1. The van der Waals surface area contributed by atoms with Gasteiger partial charge in [-0.15, -0.1) is 0 Å². The molecule has 0 radical (unpaired) electrons. The largest absolute Gasteiger partial charge is 0.403 e. The van der Waals surface area contributed by atoms with Crippen molar-refractivity contribution in [1.82, 2.24) is 19.8 Å². The van der Waals surface area contributed by atoms with Gasteiger partial charge in [0.25, 0.3) is 0 Å². The summed E-state index contributed by atoms with van der Waals surface area (Å²) >= 11 is 0. The van der Waals surface area contributed by atoms with Crippen molar-refractivity contribution in [2.45, 2.75) is 45.3 Å². The van der Waals surface area contributed by atoms with Crippen LogP contribution in [-0.2, 0) is 5.41 Å². The predicted molar refractivity (Wildman–Crippen MR) is 88.4 cm³/mol. The third-order valence-electron chi connectivity index (χ3n) is 4.20. The van der Waals surface area contributed by atoms with Gasteiger partial charge in [0, 0.05) is 31.6 Å². The summed E-state index contributed by atoms with van der Waals surface area (Å²) in [6, 6.07) is -1.86. The van der Waals surface area contributed by atoms with Gasteiger partial charge in [-0.25, -0.2) is 14.8 Å². The summed E-state index contributed by atoms with van der Waals surface area (Å²) in [6.07, 6.45) is -1.18. The number of piperazine rings is 1. The number of halogens is 3. The molecule has 0 aromatic carbocycles. The van der Waals surface area contributed by atoms with E-state index in [0.717, 1.165) is 6.92 Å². The molecule has 140 valence electrons. The molecule has 2 amide bonds. The highest BCUT2D eigenvalue weighted by Gasteiger charge is 2.41. The Hall–Kier alpha value is -1.90. The quantitative estimate of drug-likeness (QED) is 0.882. The van der Waals surface area contributed by atoms with Crippen molar-refractivity contribution in [2.75, 3.05) is 31.5 Å². The lowest BCUT2D eigenvalue weighted by atomic mass is 9.96. The van der Waals surface area contributed by atoms with Gasteiger partial charge in [0.15, 0.2) is 0 Å². The van der Waals surface area contributed by atoms with Crippen LogP contribution in [0.25, 0.3) is 0 Å². The zero-order chi connectivity index (χ0) is 18.8. The lowest BCUT2D eigenvalue weighted by molar-refractivity contribution is -0.181. The zero-order valence-corrected chi connectivity index (χ0v) is 14.9. The molecule has 1 aliphatic heterocycles. The first-order chi connectivity index (χ1) is 11.5. The first-order valence-electron chi connectivity index (χ1n) is 8.17. The van der Waals surface area contributed by atoms with Crippen molar-refractivity contribution in [1.29, 1.82) is 0 Å². The van der Waals surface area contributed by atoms with Gasteiger partial charge < -0.3 is 10.2 Å². The normalized spacial score (nSPS) is 18.1. The average molecular weight is 359 g/mol. The smallest absolute Gasteiger partial charge is 0.322 e. The number of rotatable bonds is 2. The van der Waals surface area contributed by atoms with Crippen LogP contribution in [0.4, 0.5) is 23.7 Å². The van der Waals surface area contributed by atoms with Gasteiger partial charge >= 0.3 is 12.2 Å². The SMILES string of the molecule is CC(N1CCN(C(=O)Nc2cnc(C(C)(C)C)nc2)CC1)C(F)(F)F. The molecule has 2 rings (SSSR count). The molecule has 1 N–H and O–H groups in total. The number of aromatic nitrogens is 2. The van der Waals surface area contributed by atoms with Crippen LogP contribution in [0.3, 0.4) is 0 Å². The molecule has 1 unspecified atom stereocenters. The topological polar surface area (TPSA) is 61.4 Å². The minimum Gasteiger partial charge on any atom is -0.322 e. The maximum atomic E-state index is 12.7. The van der Waals surface area contributed by atoms with Crippen LogP contribution in [0.5, 0.6) is 0 Å². The highest BCUT2D eigenvalue weighted by molar-refractivity contribution is 5.89. The first kappa shape index (κ1) is 19.4. The summed E-state index contributed by atoms with van der Waals surface area (Å²) in [5, 5.41) is 2.69. The van der Waals surface area contributed by atoms with E-state index in [9.17, 15) is 18.0 Å². The van der Waals surface area contributed by atoms with Crippen LogP contribution >= 0.6 is 0 Å². The maximum absolute atomic E-state index is 12.7. The Morgan fingerprint density at radius 1 is 1.12 bits per heavy atom. The summed E-state index contributed by atoms with van der Waals surface area (Å²) in [7, 11) is 0. The van der Waals surface area contributed by atoms with E-state index < -0.39 is 12.2 Å². The molecule has 0 bridgehead atoms. The summed E-state index contributed by atoms with van der Waals surface area (Å²) in [5.41, 5.74) is 0.276. The molecule has 1 aliphatic rings. The van der Waals surface area contributed by atoms with E-state index in [1.807, 2.05) is 20.8 Å². The molecule has 9 heteroatoms. The van der Waals surface area contributed by atoms with Gasteiger partial charge in [0.1, 0.15) is 11.9 Å². The minimum absolute atomic E-state index is 0.186. The summed E-state index contributed by atoms with van der Waals surface area (Å²) in [6.45, 7) is 7.97. The molecule has 1 saturated heterocycles. The maximum Gasteiger partial charge on any atom is 0.403 e. The van der Waals surface area contributed by atoms with Crippen LogP contribution in [0.2, 0.25) is 0 Å². The standard InChI is InChI=1S/C16H24F3N5O/c1-11(16(17,18)19)23-5-7-24(8-6-23)14(25)22-12-9-20-13(21-10-12)15(2,3)4/h9-11H,5-8H2,1-4H3,(H,22,25). The van der Waals surface area contributed by atoms with Crippen molar-refractivity contribution >= 4 is 11.7 Å². The van der Waals surface area contributed by atoms with Gasteiger partial charge in [-0.3, -0.25) is 4.90 Å². The highest BCUT2D eigenvalue weighted by atomic mass is 19.4. The van der Waals surface area contributed by atoms with Crippen molar-refractivity contribution in [3.8, 4) is 0 Å². The number of nitrogens with zero attached hydrogens (tertiary/aromatic N) is 4. The van der Waals surface area contributed by atoms with Crippen LogP contribution in [0.15, 0.2) is 12.4 Å². The van der Waals surface area contributed by atoms with Crippen LogP contribution in [-0.4, -0.2) is 64.2 Å². The number of urea groups is 1. The fourth-order valence-corrected chi connectivity index (χ4v) is 2.50. The second-order valence-corrected chi connectivity index (χ2v) is 7.22. The van der Waals surface area contributed by atoms with Gasteiger partial charge in [-0.1, -0.05) is 20.8 Å². The van der Waals surface area contributed by atoms with Gasteiger partial charge in [0.05, 0.1) is 18.1 Å². The van der Waals surface area contributed by atoms with E-state index in [1.54, 1.807) is 0 Å². The van der Waals surface area contributed by atoms with Crippen LogP contribution in [0, 0.1) is 0 Å². The lowest BCUT2D eigenvalue weighted by Crippen LogP contribution is -2.55. The Labute approximate surface area is 145 Å². The van der Waals surface area contributed by atoms with E-state index in [1.165, 1.54) is 22.2 Å². The molecular weight excluding hydrogens is 335 g/mol. The summed E-state index contributed by atoms with van der Waals surface area (Å²) < 4.78 is 38.2. The third-order valence-corrected chi connectivity index (χ3v) is 4.20.